The Kier molecular flexibility index (Phi) is 3.83. The van der Waals surface area contributed by atoms with E-state index in [0.717, 1.165) is 0 Å². The van der Waals surface area contributed by atoms with E-state index in [1.807, 2.05) is 0 Å². The lowest BCUT2D eigenvalue weighted by Crippen LogP contribution is -2.14. The molecule has 76 valence electrons. The molecule has 1 rings (SSSR count). The number of carbonyl (C=O) groups excluding carboxylic acids is 1. The normalized spacial score (nSPS) is 12.2. The lowest BCUT2D eigenvalue weighted by Gasteiger charge is -2.08. The molecular formula is C9H11ClN2O2. The highest BCUT2D eigenvalue weighted by molar-refractivity contribution is 6.29. The molecule has 1 aromatic heterocycles. The number of ether oxygens (including phenoxy) is 1. The van der Waals surface area contributed by atoms with E-state index in [1.54, 1.807) is 26.0 Å². The zero-order chi connectivity index (χ0) is 10.6. The van der Waals surface area contributed by atoms with E-state index in [2.05, 4.69) is 10.2 Å². The van der Waals surface area contributed by atoms with Crippen molar-refractivity contribution in [2.75, 3.05) is 6.61 Å². The van der Waals surface area contributed by atoms with E-state index in [4.69, 9.17) is 16.3 Å². The van der Waals surface area contributed by atoms with Crippen molar-refractivity contribution in [3.8, 4) is 0 Å². The fraction of sp³-hybridized carbons (Fsp3) is 0.444. The van der Waals surface area contributed by atoms with Gasteiger partial charge in [-0.15, -0.1) is 5.10 Å². The number of hydrogen-bond donors (Lipinski definition) is 0. The highest BCUT2D eigenvalue weighted by atomic mass is 35.5. The van der Waals surface area contributed by atoms with E-state index in [-0.39, 0.29) is 5.97 Å². The van der Waals surface area contributed by atoms with Gasteiger partial charge in [0.15, 0.2) is 5.15 Å². The molecule has 0 N–H and O–H groups in total. The number of esters is 1. The van der Waals surface area contributed by atoms with Crippen LogP contribution in [0.15, 0.2) is 12.1 Å². The zero-order valence-electron chi connectivity index (χ0n) is 8.03. The lowest BCUT2D eigenvalue weighted by molar-refractivity contribution is -0.144. The number of nitrogens with zero attached hydrogens (tertiary/aromatic N) is 2. The quantitative estimate of drug-likeness (QED) is 0.720. The molecule has 0 aliphatic carbocycles. The molecule has 14 heavy (non-hydrogen) atoms. The van der Waals surface area contributed by atoms with Gasteiger partial charge in [0.2, 0.25) is 0 Å². The van der Waals surface area contributed by atoms with Gasteiger partial charge >= 0.3 is 5.97 Å². The number of carbonyl (C=O) groups is 1. The third-order valence-corrected chi connectivity index (χ3v) is 1.94. The molecule has 0 radical (unpaired) electrons. The summed E-state index contributed by atoms with van der Waals surface area (Å²) in [5.41, 5.74) is 0.563. The smallest absolute Gasteiger partial charge is 0.314 e. The topological polar surface area (TPSA) is 52.1 Å². The molecule has 1 unspecified atom stereocenters. The van der Waals surface area contributed by atoms with E-state index < -0.39 is 5.92 Å². The van der Waals surface area contributed by atoms with Crippen molar-refractivity contribution in [2.24, 2.45) is 0 Å². The molecule has 1 atom stereocenters. The van der Waals surface area contributed by atoms with E-state index in [9.17, 15) is 4.79 Å². The Balaban J connectivity index is 2.73. The Morgan fingerprint density at radius 3 is 2.79 bits per heavy atom. The Morgan fingerprint density at radius 2 is 2.29 bits per heavy atom. The van der Waals surface area contributed by atoms with E-state index in [0.29, 0.717) is 17.5 Å². The fourth-order valence-corrected chi connectivity index (χ4v) is 1.05. The Hall–Kier alpha value is -1.16. The molecule has 0 saturated heterocycles. The first-order valence-corrected chi connectivity index (χ1v) is 4.68. The summed E-state index contributed by atoms with van der Waals surface area (Å²) in [5.74, 6) is -0.705. The van der Waals surface area contributed by atoms with Crippen molar-refractivity contribution in [3.05, 3.63) is 23.0 Å². The third kappa shape index (κ3) is 2.67. The molecule has 0 aromatic carbocycles. The van der Waals surface area contributed by atoms with E-state index in [1.165, 1.54) is 0 Å². The maximum Gasteiger partial charge on any atom is 0.314 e. The molecule has 0 fully saturated rings. The van der Waals surface area contributed by atoms with Crippen LogP contribution < -0.4 is 0 Å². The summed E-state index contributed by atoms with van der Waals surface area (Å²) >= 11 is 5.57. The SMILES string of the molecule is CCOC(=O)C(C)c1ccc(Cl)nn1. The minimum absolute atomic E-state index is 0.302. The van der Waals surface area contributed by atoms with Gasteiger partial charge in [-0.2, -0.15) is 5.10 Å². The highest BCUT2D eigenvalue weighted by Crippen LogP contribution is 2.14. The predicted octanol–water partition coefficient (Wildman–Crippen LogP) is 1.80. The molecule has 0 bridgehead atoms. The van der Waals surface area contributed by atoms with Crippen LogP contribution in [0.5, 0.6) is 0 Å². The van der Waals surface area contributed by atoms with Crippen molar-refractivity contribution in [1.29, 1.82) is 0 Å². The molecular weight excluding hydrogens is 204 g/mol. The maximum atomic E-state index is 11.3. The number of rotatable bonds is 3. The molecule has 0 amide bonds. The van der Waals surface area contributed by atoms with Gasteiger partial charge in [-0.3, -0.25) is 4.79 Å². The highest BCUT2D eigenvalue weighted by Gasteiger charge is 2.17. The summed E-state index contributed by atoms with van der Waals surface area (Å²) in [6, 6.07) is 3.26. The second-order valence-corrected chi connectivity index (χ2v) is 3.14. The van der Waals surface area contributed by atoms with Crippen LogP contribution in [0.4, 0.5) is 0 Å². The molecule has 0 aliphatic heterocycles. The summed E-state index contributed by atoms with van der Waals surface area (Å²) in [5, 5.41) is 7.76. The van der Waals surface area contributed by atoms with Crippen molar-refractivity contribution >= 4 is 17.6 Å². The van der Waals surface area contributed by atoms with E-state index >= 15 is 0 Å². The summed E-state index contributed by atoms with van der Waals surface area (Å²) in [7, 11) is 0. The first kappa shape index (κ1) is 10.9. The van der Waals surface area contributed by atoms with Crippen LogP contribution in [-0.4, -0.2) is 22.8 Å². The molecule has 1 heterocycles. The Labute approximate surface area is 87.2 Å². The minimum Gasteiger partial charge on any atom is -0.465 e. The first-order valence-electron chi connectivity index (χ1n) is 4.31. The van der Waals surface area contributed by atoms with Gasteiger partial charge in [0.1, 0.15) is 0 Å². The van der Waals surface area contributed by atoms with Gasteiger partial charge < -0.3 is 4.74 Å². The number of halogens is 1. The monoisotopic (exact) mass is 214 g/mol. The summed E-state index contributed by atoms with van der Waals surface area (Å²) in [4.78, 5) is 11.3. The zero-order valence-corrected chi connectivity index (χ0v) is 8.78. The standard InChI is InChI=1S/C9H11ClN2O2/c1-3-14-9(13)6(2)7-4-5-8(10)12-11-7/h4-6H,3H2,1-2H3. The van der Waals surface area contributed by atoms with Gasteiger partial charge in [0.05, 0.1) is 18.2 Å². The van der Waals surface area contributed by atoms with Crippen LogP contribution >= 0.6 is 11.6 Å². The molecule has 5 heteroatoms. The molecule has 0 aliphatic rings. The third-order valence-electron chi connectivity index (χ3n) is 1.74. The minimum atomic E-state index is -0.403. The van der Waals surface area contributed by atoms with Gasteiger partial charge in [-0.1, -0.05) is 11.6 Å². The summed E-state index contributed by atoms with van der Waals surface area (Å²) < 4.78 is 4.85. The fourth-order valence-electron chi connectivity index (χ4n) is 0.945. The van der Waals surface area contributed by atoms with Crippen molar-refractivity contribution in [1.82, 2.24) is 10.2 Å². The van der Waals surface area contributed by atoms with Crippen LogP contribution in [0, 0.1) is 0 Å². The molecule has 0 saturated carbocycles. The molecule has 0 spiro atoms. The maximum absolute atomic E-state index is 11.3. The largest absolute Gasteiger partial charge is 0.465 e. The van der Waals surface area contributed by atoms with Crippen LogP contribution in [0.2, 0.25) is 5.15 Å². The van der Waals surface area contributed by atoms with Gasteiger partial charge in [-0.05, 0) is 26.0 Å². The lowest BCUT2D eigenvalue weighted by atomic mass is 10.1. The Bertz CT molecular complexity index is 313. The Morgan fingerprint density at radius 1 is 1.57 bits per heavy atom. The van der Waals surface area contributed by atoms with Crippen LogP contribution in [0.3, 0.4) is 0 Å². The predicted molar refractivity (Wildman–Crippen MR) is 52.1 cm³/mol. The number of aromatic nitrogens is 2. The molecule has 1 aromatic rings. The van der Waals surface area contributed by atoms with Gasteiger partial charge in [-0.25, -0.2) is 0 Å². The average molecular weight is 215 g/mol. The van der Waals surface area contributed by atoms with Crippen molar-refractivity contribution in [2.45, 2.75) is 19.8 Å². The van der Waals surface area contributed by atoms with Crippen LogP contribution in [0.25, 0.3) is 0 Å². The first-order chi connectivity index (χ1) is 6.65. The van der Waals surface area contributed by atoms with Crippen molar-refractivity contribution in [3.63, 3.8) is 0 Å². The van der Waals surface area contributed by atoms with Crippen LogP contribution in [0.1, 0.15) is 25.5 Å². The second-order valence-electron chi connectivity index (χ2n) is 2.75. The van der Waals surface area contributed by atoms with Gasteiger partial charge in [0, 0.05) is 0 Å². The summed E-state index contributed by atoms with van der Waals surface area (Å²) in [6.07, 6.45) is 0. The number of hydrogen-bond acceptors (Lipinski definition) is 4. The van der Waals surface area contributed by atoms with Crippen LogP contribution in [-0.2, 0) is 9.53 Å². The average Bonchev–Trinajstić information content (AvgIpc) is 2.18. The molecule has 4 nitrogen and oxygen atoms in total. The van der Waals surface area contributed by atoms with Crippen molar-refractivity contribution < 1.29 is 9.53 Å². The van der Waals surface area contributed by atoms with Gasteiger partial charge in [0.25, 0.3) is 0 Å². The second kappa shape index (κ2) is 4.91. The summed E-state index contributed by atoms with van der Waals surface area (Å²) in [6.45, 7) is 3.85.